The van der Waals surface area contributed by atoms with Crippen molar-refractivity contribution in [3.05, 3.63) is 85.6 Å². The predicted octanol–water partition coefficient (Wildman–Crippen LogP) is 2.35. The lowest BCUT2D eigenvalue weighted by atomic mass is 10.1. The monoisotopic (exact) mass is 410 g/mol. The maximum Gasteiger partial charge on any atom is 0.301 e. The summed E-state index contributed by atoms with van der Waals surface area (Å²) in [5, 5.41) is 28.8. The molecule has 0 saturated heterocycles. The van der Waals surface area contributed by atoms with Gasteiger partial charge in [-0.15, -0.1) is 0 Å². The summed E-state index contributed by atoms with van der Waals surface area (Å²) in [5.74, 6) is -1.74. The molecule has 0 bridgehead atoms. The molecule has 0 atom stereocenters. The molecule has 0 aliphatic heterocycles. The van der Waals surface area contributed by atoms with Crippen LogP contribution in [-0.2, 0) is 0 Å². The van der Waals surface area contributed by atoms with Gasteiger partial charge in [-0.25, -0.2) is 4.68 Å². The normalized spacial score (nSPS) is 10.4. The Hall–Kier alpha value is -4.61. The van der Waals surface area contributed by atoms with E-state index < -0.39 is 33.0 Å². The van der Waals surface area contributed by atoms with Crippen LogP contribution in [0, 0.1) is 27.2 Å². The van der Waals surface area contributed by atoms with E-state index in [0.29, 0.717) is 0 Å². The highest BCUT2D eigenvalue weighted by Gasteiger charge is 2.26. The van der Waals surface area contributed by atoms with Crippen molar-refractivity contribution < 1.29 is 19.4 Å². The first-order valence-corrected chi connectivity index (χ1v) is 8.38. The van der Waals surface area contributed by atoms with Crippen LogP contribution in [0.15, 0.2) is 48.7 Å². The molecule has 30 heavy (non-hydrogen) atoms. The molecule has 1 aromatic heterocycles. The fourth-order valence-corrected chi connectivity index (χ4v) is 2.67. The molecule has 1 heterocycles. The minimum atomic E-state index is -0.926. The number of nitro groups is 2. The van der Waals surface area contributed by atoms with Crippen molar-refractivity contribution in [2.24, 2.45) is 5.73 Å². The molecule has 0 spiro atoms. The van der Waals surface area contributed by atoms with E-state index in [2.05, 4.69) is 10.4 Å². The molecular weight excluding hydrogens is 396 g/mol. The van der Waals surface area contributed by atoms with E-state index in [1.165, 1.54) is 0 Å². The lowest BCUT2D eigenvalue weighted by Crippen LogP contribution is -2.20. The topological polar surface area (TPSA) is 176 Å². The number of non-ortho nitro benzene ring substituents is 1. The molecule has 3 N–H and O–H groups in total. The number of anilines is 1. The Morgan fingerprint density at radius 3 is 2.30 bits per heavy atom. The summed E-state index contributed by atoms with van der Waals surface area (Å²) in [6, 6.07) is 9.43. The molecule has 12 heteroatoms. The molecule has 3 rings (SSSR count). The third kappa shape index (κ3) is 3.82. The zero-order chi connectivity index (χ0) is 22.0. The number of primary amides is 1. The minimum Gasteiger partial charge on any atom is -0.365 e. The average Bonchev–Trinajstić information content (AvgIpc) is 3.11. The Morgan fingerprint density at radius 1 is 1.07 bits per heavy atom. The lowest BCUT2D eigenvalue weighted by Gasteiger charge is -2.11. The number of rotatable bonds is 6. The van der Waals surface area contributed by atoms with Crippen molar-refractivity contribution in [2.75, 3.05) is 5.32 Å². The second-order valence-electron chi connectivity index (χ2n) is 6.19. The van der Waals surface area contributed by atoms with Gasteiger partial charge in [0.25, 0.3) is 17.5 Å². The van der Waals surface area contributed by atoms with Crippen LogP contribution in [0.2, 0.25) is 0 Å². The van der Waals surface area contributed by atoms with E-state index in [-0.39, 0.29) is 22.6 Å². The second-order valence-corrected chi connectivity index (χ2v) is 6.19. The van der Waals surface area contributed by atoms with Crippen LogP contribution in [0.25, 0.3) is 5.69 Å². The third-order valence-corrected chi connectivity index (χ3v) is 4.18. The maximum atomic E-state index is 12.6. The lowest BCUT2D eigenvalue weighted by molar-refractivity contribution is -0.394. The SMILES string of the molecule is Cc1ccc(C(=O)Nc2c(C(N)=O)cnn2-c2ccc([N+](=O)[O-])cc2[N+](=O)[O-])cc1. The number of nitrogens with zero attached hydrogens (tertiary/aromatic N) is 4. The number of hydrogen-bond donors (Lipinski definition) is 2. The van der Waals surface area contributed by atoms with Crippen LogP contribution in [0.3, 0.4) is 0 Å². The maximum absolute atomic E-state index is 12.6. The van der Waals surface area contributed by atoms with Gasteiger partial charge in [0.05, 0.1) is 22.1 Å². The van der Waals surface area contributed by atoms with E-state index >= 15 is 0 Å². The summed E-state index contributed by atoms with van der Waals surface area (Å²) >= 11 is 0. The minimum absolute atomic E-state index is 0.192. The molecule has 12 nitrogen and oxygen atoms in total. The average molecular weight is 410 g/mol. The fourth-order valence-electron chi connectivity index (χ4n) is 2.67. The van der Waals surface area contributed by atoms with E-state index in [1.54, 1.807) is 24.3 Å². The highest BCUT2D eigenvalue weighted by molar-refractivity contribution is 6.08. The number of benzene rings is 2. The van der Waals surface area contributed by atoms with Crippen LogP contribution in [0.4, 0.5) is 17.2 Å². The molecule has 0 fully saturated rings. The summed E-state index contributed by atoms with van der Waals surface area (Å²) in [6.45, 7) is 1.84. The molecule has 0 radical (unpaired) electrons. The molecule has 0 saturated carbocycles. The van der Waals surface area contributed by atoms with Crippen molar-refractivity contribution in [3.8, 4) is 5.69 Å². The Labute approximate surface area is 168 Å². The standard InChI is InChI=1S/C18H14N6O6/c1-10-2-4-11(5-3-10)18(26)21-17-13(16(19)25)9-20-22(17)14-7-6-12(23(27)28)8-15(14)24(29)30/h2-9H,1H3,(H2,19,25)(H,21,26). The number of nitro benzene ring substituents is 2. The van der Waals surface area contributed by atoms with E-state index in [4.69, 9.17) is 5.73 Å². The van der Waals surface area contributed by atoms with Crippen LogP contribution in [-0.4, -0.2) is 31.4 Å². The number of nitrogens with two attached hydrogens (primary N) is 1. The summed E-state index contributed by atoms with van der Waals surface area (Å²) in [5.41, 5.74) is 4.99. The molecule has 152 valence electrons. The van der Waals surface area contributed by atoms with Gasteiger partial charge in [-0.3, -0.25) is 29.8 Å². The fraction of sp³-hybridized carbons (Fsp3) is 0.0556. The summed E-state index contributed by atoms with van der Waals surface area (Å²) < 4.78 is 0.925. The van der Waals surface area contributed by atoms with Gasteiger partial charge in [0.1, 0.15) is 17.1 Å². The van der Waals surface area contributed by atoms with Gasteiger partial charge in [-0.05, 0) is 25.1 Å². The van der Waals surface area contributed by atoms with E-state index in [0.717, 1.165) is 34.6 Å². The quantitative estimate of drug-likeness (QED) is 0.462. The number of nitrogens with one attached hydrogen (secondary N) is 1. The number of carbonyl (C=O) groups is 2. The van der Waals surface area contributed by atoms with Crippen molar-refractivity contribution in [3.63, 3.8) is 0 Å². The zero-order valence-electron chi connectivity index (χ0n) is 15.4. The molecule has 3 aromatic rings. The molecule has 0 unspecified atom stereocenters. The summed E-state index contributed by atoms with van der Waals surface area (Å²) in [4.78, 5) is 45.2. The van der Waals surface area contributed by atoms with Gasteiger partial charge >= 0.3 is 5.69 Å². The highest BCUT2D eigenvalue weighted by Crippen LogP contribution is 2.31. The van der Waals surface area contributed by atoms with Crippen molar-refractivity contribution in [1.82, 2.24) is 9.78 Å². The van der Waals surface area contributed by atoms with Gasteiger partial charge in [0, 0.05) is 11.6 Å². The number of carbonyl (C=O) groups excluding carboxylic acids is 2. The van der Waals surface area contributed by atoms with Crippen LogP contribution >= 0.6 is 0 Å². The third-order valence-electron chi connectivity index (χ3n) is 4.18. The van der Waals surface area contributed by atoms with E-state index in [9.17, 15) is 29.8 Å². The molecule has 0 aliphatic rings. The van der Waals surface area contributed by atoms with Gasteiger partial charge in [-0.1, -0.05) is 17.7 Å². The van der Waals surface area contributed by atoms with Crippen molar-refractivity contribution in [1.29, 1.82) is 0 Å². The largest absolute Gasteiger partial charge is 0.365 e. The van der Waals surface area contributed by atoms with Gasteiger partial charge in [0.15, 0.2) is 0 Å². The summed E-state index contributed by atoms with van der Waals surface area (Å²) in [6.07, 6.45) is 1.04. The number of amides is 2. The van der Waals surface area contributed by atoms with Crippen molar-refractivity contribution >= 4 is 29.0 Å². The Kier molecular flexibility index (Phi) is 5.23. The van der Waals surface area contributed by atoms with Crippen LogP contribution in [0.1, 0.15) is 26.3 Å². The summed E-state index contributed by atoms with van der Waals surface area (Å²) in [7, 11) is 0. The first kappa shape index (κ1) is 20.1. The Bertz CT molecular complexity index is 1180. The van der Waals surface area contributed by atoms with Gasteiger partial charge in [0.2, 0.25) is 0 Å². The second kappa shape index (κ2) is 7.79. The van der Waals surface area contributed by atoms with E-state index in [1.807, 2.05) is 6.92 Å². The molecule has 2 aromatic carbocycles. The zero-order valence-corrected chi connectivity index (χ0v) is 15.4. The smallest absolute Gasteiger partial charge is 0.301 e. The molecule has 0 aliphatic carbocycles. The predicted molar refractivity (Wildman–Crippen MR) is 105 cm³/mol. The van der Waals surface area contributed by atoms with Crippen molar-refractivity contribution in [2.45, 2.75) is 6.92 Å². The highest BCUT2D eigenvalue weighted by atomic mass is 16.6. The molecular formula is C18H14N6O6. The number of hydrogen-bond acceptors (Lipinski definition) is 7. The van der Waals surface area contributed by atoms with Crippen LogP contribution in [0.5, 0.6) is 0 Å². The van der Waals surface area contributed by atoms with Crippen LogP contribution < -0.4 is 11.1 Å². The van der Waals surface area contributed by atoms with Gasteiger partial charge in [-0.2, -0.15) is 5.10 Å². The number of aromatic nitrogens is 2. The Balaban J connectivity index is 2.12. The van der Waals surface area contributed by atoms with Gasteiger partial charge < -0.3 is 11.1 Å². The molecule has 2 amide bonds. The first-order chi connectivity index (χ1) is 14.2. The first-order valence-electron chi connectivity index (χ1n) is 8.38. The Morgan fingerprint density at radius 2 is 1.73 bits per heavy atom. The number of aryl methyl sites for hydroxylation is 1.